The summed E-state index contributed by atoms with van der Waals surface area (Å²) in [6.45, 7) is 0.915. The standard InChI is InChI=1S/C24H26N2O3/c1-28-19-6-9-23-21(14-19)18(15-26-23)11-12-25-22-8-5-17-13-16(3-7-20(17)22)4-10-24(27)29-2/h3-4,6-7,9-10,13-15,22,25-26H,5,8,11-12H2,1-2H3/b10-4+. The molecule has 3 aromatic rings. The Morgan fingerprint density at radius 2 is 2.14 bits per heavy atom. The van der Waals surface area contributed by atoms with E-state index >= 15 is 0 Å². The third-order valence-corrected chi connectivity index (χ3v) is 5.62. The molecule has 2 aromatic carbocycles. The van der Waals surface area contributed by atoms with E-state index in [4.69, 9.17) is 4.74 Å². The fraction of sp³-hybridized carbons (Fsp3) is 0.292. The summed E-state index contributed by atoms with van der Waals surface area (Å²) in [6, 6.07) is 12.9. The molecule has 1 aromatic heterocycles. The van der Waals surface area contributed by atoms with E-state index in [1.807, 2.05) is 6.07 Å². The van der Waals surface area contributed by atoms with Gasteiger partial charge in [0.2, 0.25) is 0 Å². The number of esters is 1. The minimum atomic E-state index is -0.333. The zero-order valence-corrected chi connectivity index (χ0v) is 16.8. The van der Waals surface area contributed by atoms with Crippen LogP contribution in [0.3, 0.4) is 0 Å². The fourth-order valence-electron chi connectivity index (χ4n) is 4.06. The van der Waals surface area contributed by atoms with Crippen molar-refractivity contribution in [2.45, 2.75) is 25.3 Å². The topological polar surface area (TPSA) is 63.3 Å². The largest absolute Gasteiger partial charge is 0.497 e. The summed E-state index contributed by atoms with van der Waals surface area (Å²) in [5.74, 6) is 0.549. The number of rotatable bonds is 7. The Hall–Kier alpha value is -3.05. The van der Waals surface area contributed by atoms with E-state index in [9.17, 15) is 4.79 Å². The average Bonchev–Trinajstić information content (AvgIpc) is 3.35. The zero-order chi connectivity index (χ0) is 20.2. The Kier molecular flexibility index (Phi) is 5.67. The minimum absolute atomic E-state index is 0.333. The lowest BCUT2D eigenvalue weighted by atomic mass is 10.0. The summed E-state index contributed by atoms with van der Waals surface area (Å²) in [5, 5.41) is 4.93. The van der Waals surface area contributed by atoms with Crippen LogP contribution in [-0.4, -0.2) is 31.7 Å². The van der Waals surface area contributed by atoms with Crippen LogP contribution in [0, 0.1) is 0 Å². The van der Waals surface area contributed by atoms with E-state index in [-0.39, 0.29) is 5.97 Å². The quantitative estimate of drug-likeness (QED) is 0.469. The van der Waals surface area contributed by atoms with Gasteiger partial charge in [-0.25, -0.2) is 4.79 Å². The summed E-state index contributed by atoms with van der Waals surface area (Å²) in [5.41, 5.74) is 6.18. The highest BCUT2D eigenvalue weighted by Gasteiger charge is 2.21. The van der Waals surface area contributed by atoms with Gasteiger partial charge < -0.3 is 19.8 Å². The lowest BCUT2D eigenvalue weighted by Crippen LogP contribution is -2.21. The summed E-state index contributed by atoms with van der Waals surface area (Å²) < 4.78 is 10.0. The molecule has 0 spiro atoms. The Labute approximate surface area is 170 Å². The first kappa shape index (κ1) is 19.3. The van der Waals surface area contributed by atoms with Crippen molar-refractivity contribution in [1.29, 1.82) is 0 Å². The molecule has 4 rings (SSSR count). The number of carbonyl (C=O) groups excluding carboxylic acids is 1. The number of H-pyrrole nitrogens is 1. The molecule has 1 aliphatic rings. The van der Waals surface area contributed by atoms with Gasteiger partial charge in [0.05, 0.1) is 14.2 Å². The van der Waals surface area contributed by atoms with Crippen LogP contribution in [0.4, 0.5) is 0 Å². The lowest BCUT2D eigenvalue weighted by Gasteiger charge is -2.14. The van der Waals surface area contributed by atoms with E-state index in [0.717, 1.165) is 42.6 Å². The fourth-order valence-corrected chi connectivity index (χ4v) is 4.06. The van der Waals surface area contributed by atoms with E-state index < -0.39 is 0 Å². The van der Waals surface area contributed by atoms with Gasteiger partial charge in [0.1, 0.15) is 5.75 Å². The molecule has 0 saturated carbocycles. The van der Waals surface area contributed by atoms with Gasteiger partial charge >= 0.3 is 5.97 Å². The van der Waals surface area contributed by atoms with Gasteiger partial charge in [-0.05, 0) is 72.3 Å². The number of nitrogens with one attached hydrogen (secondary N) is 2. The minimum Gasteiger partial charge on any atom is -0.497 e. The first-order valence-corrected chi connectivity index (χ1v) is 9.94. The molecule has 1 unspecified atom stereocenters. The van der Waals surface area contributed by atoms with Crippen molar-refractivity contribution in [3.8, 4) is 5.75 Å². The smallest absolute Gasteiger partial charge is 0.330 e. The molecule has 5 heteroatoms. The van der Waals surface area contributed by atoms with Gasteiger partial charge in [-0.1, -0.05) is 18.2 Å². The zero-order valence-electron chi connectivity index (χ0n) is 16.8. The van der Waals surface area contributed by atoms with Crippen molar-refractivity contribution in [3.05, 3.63) is 70.9 Å². The molecule has 1 aliphatic carbocycles. The average molecular weight is 390 g/mol. The second kappa shape index (κ2) is 8.53. The predicted molar refractivity (Wildman–Crippen MR) is 115 cm³/mol. The second-order valence-corrected chi connectivity index (χ2v) is 7.34. The SMILES string of the molecule is COC(=O)/C=C/c1ccc2c(c1)CCC2NCCc1c[nH]c2ccc(OC)cc12. The van der Waals surface area contributed by atoms with Crippen molar-refractivity contribution >= 4 is 22.9 Å². The highest BCUT2D eigenvalue weighted by Crippen LogP contribution is 2.32. The molecule has 0 amide bonds. The van der Waals surface area contributed by atoms with Crippen LogP contribution >= 0.6 is 0 Å². The number of fused-ring (bicyclic) bond motifs is 2. The molecule has 150 valence electrons. The van der Waals surface area contributed by atoms with Gasteiger partial charge in [0.25, 0.3) is 0 Å². The van der Waals surface area contributed by atoms with Crippen LogP contribution in [0.15, 0.2) is 48.7 Å². The van der Waals surface area contributed by atoms with Gasteiger partial charge in [-0.2, -0.15) is 0 Å². The molecular weight excluding hydrogens is 364 g/mol. The number of ether oxygens (including phenoxy) is 2. The number of aromatic amines is 1. The molecule has 0 fully saturated rings. The second-order valence-electron chi connectivity index (χ2n) is 7.34. The van der Waals surface area contributed by atoms with Crippen molar-refractivity contribution in [2.24, 2.45) is 0 Å². The molecule has 2 N–H and O–H groups in total. The molecular formula is C24H26N2O3. The van der Waals surface area contributed by atoms with E-state index in [2.05, 4.69) is 51.6 Å². The highest BCUT2D eigenvalue weighted by atomic mass is 16.5. The molecule has 0 saturated heterocycles. The number of aromatic nitrogens is 1. The van der Waals surface area contributed by atoms with Crippen LogP contribution in [0.2, 0.25) is 0 Å². The Bertz CT molecular complexity index is 1050. The number of aryl methyl sites for hydroxylation is 1. The van der Waals surface area contributed by atoms with E-state index in [1.54, 1.807) is 13.2 Å². The summed E-state index contributed by atoms with van der Waals surface area (Å²) >= 11 is 0. The molecule has 0 bridgehead atoms. The van der Waals surface area contributed by atoms with Crippen LogP contribution in [0.5, 0.6) is 5.75 Å². The lowest BCUT2D eigenvalue weighted by molar-refractivity contribution is -0.134. The van der Waals surface area contributed by atoms with Gasteiger partial charge in [-0.15, -0.1) is 0 Å². The van der Waals surface area contributed by atoms with Crippen LogP contribution < -0.4 is 10.1 Å². The van der Waals surface area contributed by atoms with Crippen molar-refractivity contribution in [3.63, 3.8) is 0 Å². The van der Waals surface area contributed by atoms with Crippen LogP contribution in [0.1, 0.15) is 34.7 Å². The van der Waals surface area contributed by atoms with Crippen molar-refractivity contribution < 1.29 is 14.3 Å². The molecule has 5 nitrogen and oxygen atoms in total. The molecule has 0 radical (unpaired) electrons. The number of hydrogen-bond donors (Lipinski definition) is 2. The number of methoxy groups -OCH3 is 2. The molecule has 0 aliphatic heterocycles. The van der Waals surface area contributed by atoms with E-state index in [1.165, 1.54) is 35.3 Å². The number of benzene rings is 2. The van der Waals surface area contributed by atoms with Crippen molar-refractivity contribution in [1.82, 2.24) is 10.3 Å². The number of carbonyl (C=O) groups is 1. The number of hydrogen-bond acceptors (Lipinski definition) is 4. The summed E-state index contributed by atoms with van der Waals surface area (Å²) in [7, 11) is 3.08. The first-order valence-electron chi connectivity index (χ1n) is 9.94. The third-order valence-electron chi connectivity index (χ3n) is 5.62. The maximum Gasteiger partial charge on any atom is 0.330 e. The molecule has 29 heavy (non-hydrogen) atoms. The Balaban J connectivity index is 1.39. The molecule has 1 heterocycles. The Morgan fingerprint density at radius 1 is 1.24 bits per heavy atom. The monoisotopic (exact) mass is 390 g/mol. The maximum atomic E-state index is 11.3. The maximum absolute atomic E-state index is 11.3. The van der Waals surface area contributed by atoms with Gasteiger partial charge in [-0.3, -0.25) is 0 Å². The highest BCUT2D eigenvalue weighted by molar-refractivity contribution is 5.87. The molecule has 1 atom stereocenters. The van der Waals surface area contributed by atoms with E-state index in [0.29, 0.717) is 6.04 Å². The Morgan fingerprint density at radius 3 is 2.97 bits per heavy atom. The van der Waals surface area contributed by atoms with Crippen LogP contribution in [-0.2, 0) is 22.4 Å². The van der Waals surface area contributed by atoms with Gasteiger partial charge in [0.15, 0.2) is 0 Å². The normalized spacial score (nSPS) is 15.7. The summed E-state index contributed by atoms with van der Waals surface area (Å²) in [4.78, 5) is 14.6. The van der Waals surface area contributed by atoms with Gasteiger partial charge in [0, 0.05) is 29.2 Å². The summed E-state index contributed by atoms with van der Waals surface area (Å²) in [6.07, 6.45) is 8.46. The first-order chi connectivity index (χ1) is 14.2. The third kappa shape index (κ3) is 4.20. The van der Waals surface area contributed by atoms with Crippen LogP contribution in [0.25, 0.3) is 17.0 Å². The predicted octanol–water partition coefficient (Wildman–Crippen LogP) is 4.18. The van der Waals surface area contributed by atoms with Crippen molar-refractivity contribution in [2.75, 3.05) is 20.8 Å².